The van der Waals surface area contributed by atoms with Gasteiger partial charge in [-0.25, -0.2) is 4.79 Å². The van der Waals surface area contributed by atoms with Crippen molar-refractivity contribution in [3.8, 4) is 11.4 Å². The van der Waals surface area contributed by atoms with E-state index in [1.807, 2.05) is 97.4 Å². The van der Waals surface area contributed by atoms with Crippen LogP contribution in [-0.2, 0) is 4.74 Å². The number of carbonyl (C=O) groups is 1. The first-order valence-corrected chi connectivity index (χ1v) is 12.5. The van der Waals surface area contributed by atoms with E-state index in [0.717, 1.165) is 28.5 Å². The highest BCUT2D eigenvalue weighted by molar-refractivity contribution is 7.80. The number of benzene rings is 2. The van der Waals surface area contributed by atoms with E-state index < -0.39 is 5.97 Å². The van der Waals surface area contributed by atoms with Crippen molar-refractivity contribution in [2.24, 2.45) is 0 Å². The molecular weight excluding hydrogens is 484 g/mol. The molecular formula is C29H28N4O3S. The first kappa shape index (κ1) is 24.5. The Hall–Kier alpha value is -4.17. The van der Waals surface area contributed by atoms with Gasteiger partial charge in [-0.1, -0.05) is 18.2 Å². The van der Waals surface area contributed by atoms with Crippen LogP contribution in [0, 0.1) is 0 Å². The third-order valence-electron chi connectivity index (χ3n) is 6.24. The molecule has 1 N–H and O–H groups in total. The molecule has 0 amide bonds. The van der Waals surface area contributed by atoms with Gasteiger partial charge in [0, 0.05) is 23.8 Å². The summed E-state index contributed by atoms with van der Waals surface area (Å²) in [5.74, 6) is 0.402. The lowest BCUT2D eigenvalue weighted by Crippen LogP contribution is -2.30. The Morgan fingerprint density at radius 3 is 2.46 bits per heavy atom. The minimum Gasteiger partial charge on any atom is -0.491 e. The van der Waals surface area contributed by atoms with E-state index in [0.29, 0.717) is 10.7 Å². The summed E-state index contributed by atoms with van der Waals surface area (Å²) >= 11 is 5.87. The van der Waals surface area contributed by atoms with Crippen molar-refractivity contribution in [1.82, 2.24) is 14.9 Å². The van der Waals surface area contributed by atoms with Gasteiger partial charge in [-0.2, -0.15) is 0 Å². The maximum absolute atomic E-state index is 12.6. The second-order valence-electron chi connectivity index (χ2n) is 8.97. The Balaban J connectivity index is 1.64. The van der Waals surface area contributed by atoms with Crippen LogP contribution in [0.3, 0.4) is 0 Å². The van der Waals surface area contributed by atoms with Crippen molar-refractivity contribution in [2.45, 2.75) is 32.0 Å². The van der Waals surface area contributed by atoms with E-state index >= 15 is 0 Å². The Bertz CT molecular complexity index is 1400. The largest absolute Gasteiger partial charge is 0.491 e. The summed E-state index contributed by atoms with van der Waals surface area (Å²) in [6, 6.07) is 24.7. The number of carbonyl (C=O) groups excluding carboxylic acids is 1. The zero-order chi connectivity index (χ0) is 25.9. The fraction of sp³-hybridized carbons (Fsp3) is 0.207. The number of nitrogens with zero attached hydrogens (tertiary/aromatic N) is 3. The molecule has 0 aliphatic carbocycles. The Labute approximate surface area is 221 Å². The van der Waals surface area contributed by atoms with Gasteiger partial charge in [0.25, 0.3) is 0 Å². The number of aromatic nitrogens is 2. The molecule has 8 heteroatoms. The van der Waals surface area contributed by atoms with Gasteiger partial charge in [0.2, 0.25) is 0 Å². The molecule has 0 spiro atoms. The van der Waals surface area contributed by atoms with Gasteiger partial charge in [-0.3, -0.25) is 4.98 Å². The maximum Gasteiger partial charge on any atom is 0.339 e. The molecule has 0 radical (unpaired) electrons. The van der Waals surface area contributed by atoms with Crippen LogP contribution in [0.25, 0.3) is 5.69 Å². The van der Waals surface area contributed by atoms with Gasteiger partial charge in [0.05, 0.1) is 36.2 Å². The molecule has 37 heavy (non-hydrogen) atoms. The van der Waals surface area contributed by atoms with Crippen LogP contribution in [0.2, 0.25) is 0 Å². The summed E-state index contributed by atoms with van der Waals surface area (Å²) in [4.78, 5) is 19.3. The lowest BCUT2D eigenvalue weighted by molar-refractivity contribution is 0.0600. The number of esters is 1. The number of anilines is 1. The molecule has 0 bridgehead atoms. The summed E-state index contributed by atoms with van der Waals surface area (Å²) in [6.45, 7) is 4.00. The van der Waals surface area contributed by atoms with E-state index in [-0.39, 0.29) is 18.2 Å². The molecule has 5 rings (SSSR count). The SMILES string of the molecule is COC(=O)c1ccccc1-n1cccc1[C@H]1[C@@H](c2ccccn2)NC(=S)N1c1ccc(OC(C)C)cc1. The Kier molecular flexibility index (Phi) is 6.92. The molecule has 2 atom stereocenters. The highest BCUT2D eigenvalue weighted by Gasteiger charge is 2.42. The van der Waals surface area contributed by atoms with Crippen LogP contribution in [0.5, 0.6) is 5.75 Å². The predicted octanol–water partition coefficient (Wildman–Crippen LogP) is 5.62. The van der Waals surface area contributed by atoms with Gasteiger partial charge in [0.1, 0.15) is 11.8 Å². The van der Waals surface area contributed by atoms with E-state index in [2.05, 4.69) is 15.2 Å². The third-order valence-corrected chi connectivity index (χ3v) is 6.55. The molecule has 1 aliphatic heterocycles. The standard InChI is InChI=1S/C29H28N4O3S/c1-19(2)36-21-15-13-20(14-16-21)33-27(26(31-29(33)37)23-10-6-7-17-30-23)25-12-8-18-32(25)24-11-5-4-9-22(24)28(34)35-3/h4-19,26-27H,1-3H3,(H,31,37)/t26-,27+/m1/s1. The average Bonchev–Trinajstić information content (AvgIpc) is 3.53. The normalized spacial score (nSPS) is 17.1. The second kappa shape index (κ2) is 10.4. The van der Waals surface area contributed by atoms with Gasteiger partial charge in [-0.15, -0.1) is 0 Å². The van der Waals surface area contributed by atoms with Crippen LogP contribution in [-0.4, -0.2) is 33.8 Å². The quantitative estimate of drug-likeness (QED) is 0.254. The van der Waals surface area contributed by atoms with Crippen molar-refractivity contribution in [1.29, 1.82) is 0 Å². The second-order valence-corrected chi connectivity index (χ2v) is 9.36. The molecule has 7 nitrogen and oxygen atoms in total. The molecule has 0 unspecified atom stereocenters. The van der Waals surface area contributed by atoms with E-state index in [4.69, 9.17) is 21.7 Å². The number of methoxy groups -OCH3 is 1. The first-order valence-electron chi connectivity index (χ1n) is 12.1. The molecule has 3 heterocycles. The summed E-state index contributed by atoms with van der Waals surface area (Å²) in [6.07, 6.45) is 3.81. The predicted molar refractivity (Wildman–Crippen MR) is 147 cm³/mol. The number of hydrogen-bond acceptors (Lipinski definition) is 5. The van der Waals surface area contributed by atoms with Crippen molar-refractivity contribution < 1.29 is 14.3 Å². The molecule has 2 aromatic heterocycles. The number of para-hydroxylation sites is 1. The minimum absolute atomic E-state index is 0.0832. The molecule has 1 aliphatic rings. The fourth-order valence-corrected chi connectivity index (χ4v) is 5.06. The van der Waals surface area contributed by atoms with Crippen LogP contribution in [0.1, 0.15) is 47.7 Å². The molecule has 2 aromatic carbocycles. The number of hydrogen-bond donors (Lipinski definition) is 1. The summed E-state index contributed by atoms with van der Waals surface area (Å²) < 4.78 is 12.9. The monoisotopic (exact) mass is 512 g/mol. The fourth-order valence-electron chi connectivity index (χ4n) is 4.71. The zero-order valence-corrected chi connectivity index (χ0v) is 21.7. The highest BCUT2D eigenvalue weighted by atomic mass is 32.1. The van der Waals surface area contributed by atoms with Gasteiger partial charge in [0.15, 0.2) is 5.11 Å². The van der Waals surface area contributed by atoms with Gasteiger partial charge in [-0.05, 0) is 86.7 Å². The van der Waals surface area contributed by atoms with E-state index in [9.17, 15) is 4.79 Å². The van der Waals surface area contributed by atoms with Crippen LogP contribution in [0.4, 0.5) is 5.69 Å². The Morgan fingerprint density at radius 2 is 1.76 bits per heavy atom. The van der Waals surface area contributed by atoms with Crippen molar-refractivity contribution in [3.63, 3.8) is 0 Å². The van der Waals surface area contributed by atoms with Crippen LogP contribution >= 0.6 is 12.2 Å². The molecule has 0 saturated carbocycles. The molecule has 1 saturated heterocycles. The molecule has 188 valence electrons. The van der Waals surface area contributed by atoms with Crippen LogP contribution < -0.4 is 15.0 Å². The molecule has 4 aromatic rings. The van der Waals surface area contributed by atoms with Gasteiger partial charge >= 0.3 is 5.97 Å². The lowest BCUT2D eigenvalue weighted by Gasteiger charge is -2.29. The Morgan fingerprint density at radius 1 is 1.00 bits per heavy atom. The smallest absolute Gasteiger partial charge is 0.339 e. The maximum atomic E-state index is 12.6. The van der Waals surface area contributed by atoms with E-state index in [1.165, 1.54) is 7.11 Å². The summed E-state index contributed by atoms with van der Waals surface area (Å²) in [5, 5.41) is 4.08. The van der Waals surface area contributed by atoms with E-state index in [1.54, 1.807) is 12.3 Å². The zero-order valence-electron chi connectivity index (χ0n) is 20.9. The number of ether oxygens (including phenoxy) is 2. The number of thiocarbonyl (C=S) groups is 1. The summed E-state index contributed by atoms with van der Waals surface area (Å²) in [7, 11) is 1.39. The number of pyridine rings is 1. The number of rotatable bonds is 7. The van der Waals surface area contributed by atoms with Gasteiger partial charge < -0.3 is 24.3 Å². The van der Waals surface area contributed by atoms with Crippen LogP contribution in [0.15, 0.2) is 91.3 Å². The lowest BCUT2D eigenvalue weighted by atomic mass is 10.0. The first-order chi connectivity index (χ1) is 18.0. The summed E-state index contributed by atoms with van der Waals surface area (Å²) in [5.41, 5.74) is 3.94. The topological polar surface area (TPSA) is 68.6 Å². The molecule has 1 fully saturated rings. The van der Waals surface area contributed by atoms with Crippen molar-refractivity contribution in [3.05, 3.63) is 108 Å². The third kappa shape index (κ3) is 4.80. The number of nitrogens with one attached hydrogen (secondary N) is 1. The average molecular weight is 513 g/mol. The minimum atomic E-state index is -0.394. The van der Waals surface area contributed by atoms with Crippen molar-refractivity contribution >= 4 is 29.0 Å². The van der Waals surface area contributed by atoms with Crippen molar-refractivity contribution in [2.75, 3.05) is 12.0 Å². The highest BCUT2D eigenvalue weighted by Crippen LogP contribution is 2.42.